The van der Waals surface area contributed by atoms with E-state index in [-0.39, 0.29) is 0 Å². The molecule has 0 saturated heterocycles. The Kier molecular flexibility index (Phi) is 3.43. The van der Waals surface area contributed by atoms with Crippen LogP contribution in [0.1, 0.15) is 17.0 Å². The summed E-state index contributed by atoms with van der Waals surface area (Å²) in [6.07, 6.45) is 0. The van der Waals surface area contributed by atoms with Gasteiger partial charge in [-0.3, -0.25) is 0 Å². The van der Waals surface area contributed by atoms with E-state index in [2.05, 4.69) is 20.3 Å². The van der Waals surface area contributed by atoms with Gasteiger partial charge in [0.15, 0.2) is 11.6 Å². The van der Waals surface area contributed by atoms with Gasteiger partial charge in [-0.1, -0.05) is 16.4 Å². The Morgan fingerprint density at radius 1 is 1.18 bits per heavy atom. The van der Waals surface area contributed by atoms with Crippen LogP contribution in [0.2, 0.25) is 0 Å². The van der Waals surface area contributed by atoms with E-state index in [0.29, 0.717) is 30.0 Å². The second-order valence-corrected chi connectivity index (χ2v) is 3.65. The summed E-state index contributed by atoms with van der Waals surface area (Å²) < 4.78 is 30.1. The number of nitrogens with one attached hydrogen (secondary N) is 1. The van der Waals surface area contributed by atoms with E-state index in [1.165, 1.54) is 6.07 Å². The summed E-state index contributed by atoms with van der Waals surface area (Å²) in [4.78, 5) is 0. The molecule has 1 N–H and O–H groups in total. The van der Waals surface area contributed by atoms with E-state index in [1.807, 2.05) is 0 Å². The third-order valence-electron chi connectivity index (χ3n) is 2.35. The van der Waals surface area contributed by atoms with Crippen LogP contribution in [0, 0.1) is 18.6 Å². The quantitative estimate of drug-likeness (QED) is 0.885. The lowest BCUT2D eigenvalue weighted by Gasteiger charge is -2.03. The number of aryl methyl sites for hydroxylation is 1. The van der Waals surface area contributed by atoms with E-state index in [9.17, 15) is 8.78 Å². The fourth-order valence-corrected chi connectivity index (χ4v) is 1.38. The molecular formula is C11H11F2N3O. The Balaban J connectivity index is 1.90. The molecule has 0 amide bonds. The second kappa shape index (κ2) is 5.01. The van der Waals surface area contributed by atoms with Crippen LogP contribution in [0.5, 0.6) is 0 Å². The summed E-state index contributed by atoms with van der Waals surface area (Å²) in [7, 11) is 0. The monoisotopic (exact) mass is 239 g/mol. The van der Waals surface area contributed by atoms with Crippen molar-refractivity contribution in [2.75, 3.05) is 0 Å². The van der Waals surface area contributed by atoms with Gasteiger partial charge in [-0.25, -0.2) is 13.4 Å². The molecule has 0 aliphatic carbocycles. The Morgan fingerprint density at radius 3 is 2.65 bits per heavy atom. The molecule has 0 bridgehead atoms. The SMILES string of the molecule is Cc1nonc1CNCc1ccc(F)c(F)c1. The topological polar surface area (TPSA) is 51.0 Å². The van der Waals surface area contributed by atoms with Gasteiger partial charge >= 0.3 is 0 Å². The zero-order valence-electron chi connectivity index (χ0n) is 9.20. The number of rotatable bonds is 4. The van der Waals surface area contributed by atoms with Crippen molar-refractivity contribution in [2.24, 2.45) is 0 Å². The van der Waals surface area contributed by atoms with Crippen molar-refractivity contribution in [1.82, 2.24) is 15.6 Å². The Morgan fingerprint density at radius 2 is 2.00 bits per heavy atom. The molecule has 0 spiro atoms. The maximum absolute atomic E-state index is 12.9. The predicted molar refractivity (Wildman–Crippen MR) is 55.9 cm³/mol. The lowest BCUT2D eigenvalue weighted by atomic mass is 10.2. The van der Waals surface area contributed by atoms with Gasteiger partial charge in [0, 0.05) is 13.1 Å². The van der Waals surface area contributed by atoms with Crippen LogP contribution < -0.4 is 5.32 Å². The van der Waals surface area contributed by atoms with Crippen LogP contribution in [-0.2, 0) is 13.1 Å². The van der Waals surface area contributed by atoms with Crippen LogP contribution in [0.25, 0.3) is 0 Å². The fourth-order valence-electron chi connectivity index (χ4n) is 1.38. The van der Waals surface area contributed by atoms with Crippen LogP contribution >= 0.6 is 0 Å². The summed E-state index contributed by atoms with van der Waals surface area (Å²) in [5.74, 6) is -1.69. The van der Waals surface area contributed by atoms with Gasteiger partial charge in [0.25, 0.3) is 0 Å². The first-order valence-corrected chi connectivity index (χ1v) is 5.09. The molecule has 0 aliphatic heterocycles. The molecule has 1 aromatic carbocycles. The summed E-state index contributed by atoms with van der Waals surface area (Å²) in [6, 6.07) is 3.80. The van der Waals surface area contributed by atoms with Crippen LogP contribution in [0.4, 0.5) is 8.78 Å². The average Bonchev–Trinajstić information content (AvgIpc) is 2.70. The molecule has 0 radical (unpaired) electrons. The zero-order chi connectivity index (χ0) is 12.3. The molecule has 0 fully saturated rings. The first kappa shape index (κ1) is 11.7. The number of hydrogen-bond acceptors (Lipinski definition) is 4. The third-order valence-corrected chi connectivity index (χ3v) is 2.35. The molecule has 1 heterocycles. The Labute approximate surface area is 96.6 Å². The van der Waals surface area contributed by atoms with Crippen molar-refractivity contribution < 1.29 is 13.4 Å². The summed E-state index contributed by atoms with van der Waals surface area (Å²) >= 11 is 0. The minimum absolute atomic E-state index is 0.420. The van der Waals surface area contributed by atoms with Gasteiger partial charge in [0.2, 0.25) is 0 Å². The molecular weight excluding hydrogens is 228 g/mol. The molecule has 90 valence electrons. The molecule has 6 heteroatoms. The predicted octanol–water partition coefficient (Wildman–Crippen LogP) is 1.95. The second-order valence-electron chi connectivity index (χ2n) is 3.65. The number of halogens is 2. The first-order chi connectivity index (χ1) is 8.16. The summed E-state index contributed by atoms with van der Waals surface area (Å²) in [5, 5.41) is 10.4. The molecule has 0 unspecified atom stereocenters. The van der Waals surface area contributed by atoms with E-state index in [0.717, 1.165) is 12.1 Å². The average molecular weight is 239 g/mol. The van der Waals surface area contributed by atoms with Gasteiger partial charge in [-0.15, -0.1) is 0 Å². The molecule has 0 saturated carbocycles. The maximum atomic E-state index is 12.9. The molecule has 2 aromatic rings. The number of aromatic nitrogens is 2. The van der Waals surface area contributed by atoms with Crippen molar-refractivity contribution in [1.29, 1.82) is 0 Å². The first-order valence-electron chi connectivity index (χ1n) is 5.09. The highest BCUT2D eigenvalue weighted by Gasteiger charge is 2.05. The summed E-state index contributed by atoms with van der Waals surface area (Å²) in [6.45, 7) is 2.67. The minimum atomic E-state index is -0.844. The van der Waals surface area contributed by atoms with E-state index in [1.54, 1.807) is 6.92 Å². The highest BCUT2D eigenvalue weighted by Crippen LogP contribution is 2.08. The largest absolute Gasteiger partial charge is 0.307 e. The van der Waals surface area contributed by atoms with E-state index < -0.39 is 11.6 Å². The highest BCUT2D eigenvalue weighted by atomic mass is 19.2. The maximum Gasteiger partial charge on any atom is 0.159 e. The lowest BCUT2D eigenvalue weighted by molar-refractivity contribution is 0.300. The third kappa shape index (κ3) is 2.85. The molecule has 4 nitrogen and oxygen atoms in total. The van der Waals surface area contributed by atoms with Crippen LogP contribution in [-0.4, -0.2) is 10.3 Å². The van der Waals surface area contributed by atoms with Gasteiger partial charge < -0.3 is 5.32 Å². The molecule has 1 aromatic heterocycles. The van der Waals surface area contributed by atoms with Gasteiger partial charge in [-0.2, -0.15) is 0 Å². The van der Waals surface area contributed by atoms with E-state index in [4.69, 9.17) is 0 Å². The van der Waals surface area contributed by atoms with E-state index >= 15 is 0 Å². The molecule has 2 rings (SSSR count). The van der Waals surface area contributed by atoms with Crippen molar-refractivity contribution in [3.05, 3.63) is 46.8 Å². The highest BCUT2D eigenvalue weighted by molar-refractivity contribution is 5.17. The molecule has 0 aliphatic rings. The van der Waals surface area contributed by atoms with Crippen molar-refractivity contribution in [2.45, 2.75) is 20.0 Å². The Hall–Kier alpha value is -1.82. The van der Waals surface area contributed by atoms with Crippen molar-refractivity contribution in [3.63, 3.8) is 0 Å². The summed E-state index contributed by atoms with van der Waals surface area (Å²) in [5.41, 5.74) is 2.08. The Bertz CT molecular complexity index is 513. The number of hydrogen-bond donors (Lipinski definition) is 1. The molecule has 0 atom stereocenters. The molecule has 17 heavy (non-hydrogen) atoms. The standard InChI is InChI=1S/C11H11F2N3O/c1-7-11(16-17-15-7)6-14-5-8-2-3-9(12)10(13)4-8/h2-4,14H,5-6H2,1H3. The lowest BCUT2D eigenvalue weighted by Crippen LogP contribution is -2.13. The fraction of sp³-hybridized carbons (Fsp3) is 0.273. The van der Waals surface area contributed by atoms with Gasteiger partial charge in [0.05, 0.1) is 0 Å². The number of benzene rings is 1. The minimum Gasteiger partial charge on any atom is -0.307 e. The van der Waals surface area contributed by atoms with Crippen molar-refractivity contribution in [3.8, 4) is 0 Å². The zero-order valence-corrected chi connectivity index (χ0v) is 9.20. The normalized spacial score (nSPS) is 10.8. The number of nitrogens with zero attached hydrogens (tertiary/aromatic N) is 2. The van der Waals surface area contributed by atoms with Gasteiger partial charge in [0.1, 0.15) is 11.4 Å². The van der Waals surface area contributed by atoms with Crippen molar-refractivity contribution >= 4 is 0 Å². The van der Waals surface area contributed by atoms with Crippen LogP contribution in [0.15, 0.2) is 22.8 Å². The smallest absolute Gasteiger partial charge is 0.159 e. The van der Waals surface area contributed by atoms with Gasteiger partial charge in [-0.05, 0) is 24.6 Å². The van der Waals surface area contributed by atoms with Crippen LogP contribution in [0.3, 0.4) is 0 Å².